The highest BCUT2D eigenvalue weighted by molar-refractivity contribution is 5.60. The molecule has 2 nitrogen and oxygen atoms in total. The Balaban J connectivity index is 2.57. The molecule has 1 aliphatic carbocycles. The molecule has 1 rings (SSSR count). The SMILES string of the molecule is CCN(CC(F)(F)F)CC1(C=O)CCCC1. The van der Waals surface area contributed by atoms with Crippen molar-refractivity contribution >= 4 is 6.29 Å². The van der Waals surface area contributed by atoms with Crippen LogP contribution in [0.1, 0.15) is 32.6 Å². The van der Waals surface area contributed by atoms with Gasteiger partial charge in [0.25, 0.3) is 0 Å². The van der Waals surface area contributed by atoms with E-state index in [1.54, 1.807) is 6.92 Å². The monoisotopic (exact) mass is 237 g/mol. The Labute approximate surface area is 93.8 Å². The first-order valence-corrected chi connectivity index (χ1v) is 5.66. The van der Waals surface area contributed by atoms with Crippen molar-refractivity contribution in [1.29, 1.82) is 0 Å². The molecule has 0 unspecified atom stereocenters. The third kappa shape index (κ3) is 3.77. The van der Waals surface area contributed by atoms with Gasteiger partial charge in [-0.2, -0.15) is 13.2 Å². The zero-order valence-electron chi connectivity index (χ0n) is 9.52. The number of carbonyl (C=O) groups excluding carboxylic acids is 1. The van der Waals surface area contributed by atoms with Crippen LogP contribution >= 0.6 is 0 Å². The Morgan fingerprint density at radius 3 is 2.25 bits per heavy atom. The second-order valence-electron chi connectivity index (χ2n) is 4.61. The van der Waals surface area contributed by atoms with Crippen LogP contribution in [0.2, 0.25) is 0 Å². The van der Waals surface area contributed by atoms with Gasteiger partial charge in [0, 0.05) is 12.0 Å². The third-order valence-electron chi connectivity index (χ3n) is 3.24. The molecule has 0 atom stereocenters. The van der Waals surface area contributed by atoms with Crippen molar-refractivity contribution in [3.05, 3.63) is 0 Å². The molecule has 0 aromatic carbocycles. The molecule has 0 N–H and O–H groups in total. The smallest absolute Gasteiger partial charge is 0.303 e. The van der Waals surface area contributed by atoms with Crippen molar-refractivity contribution in [2.45, 2.75) is 38.8 Å². The molecule has 0 aromatic rings. The minimum Gasteiger partial charge on any atom is -0.303 e. The number of nitrogens with zero attached hydrogens (tertiary/aromatic N) is 1. The van der Waals surface area contributed by atoms with E-state index in [4.69, 9.17) is 0 Å². The van der Waals surface area contributed by atoms with E-state index >= 15 is 0 Å². The lowest BCUT2D eigenvalue weighted by Gasteiger charge is -2.30. The van der Waals surface area contributed by atoms with Gasteiger partial charge in [-0.15, -0.1) is 0 Å². The van der Waals surface area contributed by atoms with E-state index < -0.39 is 18.1 Å². The van der Waals surface area contributed by atoms with Gasteiger partial charge in [-0.05, 0) is 19.4 Å². The molecule has 0 radical (unpaired) electrons. The van der Waals surface area contributed by atoms with Crippen LogP contribution < -0.4 is 0 Å². The molecule has 1 aliphatic rings. The molecule has 1 saturated carbocycles. The van der Waals surface area contributed by atoms with Crippen LogP contribution in [0.15, 0.2) is 0 Å². The zero-order valence-corrected chi connectivity index (χ0v) is 9.52. The minimum absolute atomic E-state index is 0.243. The topological polar surface area (TPSA) is 20.3 Å². The predicted molar refractivity (Wildman–Crippen MR) is 55.1 cm³/mol. The largest absolute Gasteiger partial charge is 0.401 e. The van der Waals surface area contributed by atoms with Crippen molar-refractivity contribution in [2.24, 2.45) is 5.41 Å². The summed E-state index contributed by atoms with van der Waals surface area (Å²) >= 11 is 0. The number of hydrogen-bond donors (Lipinski definition) is 0. The lowest BCUT2D eigenvalue weighted by atomic mass is 9.87. The summed E-state index contributed by atoms with van der Waals surface area (Å²) in [6.45, 7) is 1.35. The van der Waals surface area contributed by atoms with Crippen LogP contribution in [0.5, 0.6) is 0 Å². The Bertz CT molecular complexity index is 234. The Hall–Kier alpha value is -0.580. The van der Waals surface area contributed by atoms with Gasteiger partial charge in [0.1, 0.15) is 6.29 Å². The highest BCUT2D eigenvalue weighted by Gasteiger charge is 2.38. The molecule has 1 fully saturated rings. The van der Waals surface area contributed by atoms with Crippen molar-refractivity contribution in [2.75, 3.05) is 19.6 Å². The minimum atomic E-state index is -4.18. The van der Waals surface area contributed by atoms with Gasteiger partial charge < -0.3 is 4.79 Å². The third-order valence-corrected chi connectivity index (χ3v) is 3.24. The standard InChI is InChI=1S/C11H18F3NO/c1-2-15(8-11(12,13)14)7-10(9-16)5-3-4-6-10/h9H,2-8H2,1H3. The van der Waals surface area contributed by atoms with Crippen LogP contribution in [0, 0.1) is 5.41 Å². The summed E-state index contributed by atoms with van der Waals surface area (Å²) in [7, 11) is 0. The number of alkyl halides is 3. The van der Waals surface area contributed by atoms with Gasteiger partial charge in [-0.3, -0.25) is 4.90 Å². The number of halogens is 3. The van der Waals surface area contributed by atoms with Crippen molar-refractivity contribution < 1.29 is 18.0 Å². The Kier molecular flexibility index (Phi) is 4.35. The van der Waals surface area contributed by atoms with E-state index in [-0.39, 0.29) is 6.54 Å². The number of aldehydes is 1. The molecule has 0 saturated heterocycles. The molecule has 5 heteroatoms. The summed E-state index contributed by atoms with van der Waals surface area (Å²) in [5.41, 5.74) is -0.527. The van der Waals surface area contributed by atoms with Crippen LogP contribution in [0.3, 0.4) is 0 Å². The highest BCUT2D eigenvalue weighted by Crippen LogP contribution is 2.37. The fraction of sp³-hybridized carbons (Fsp3) is 0.909. The zero-order chi connectivity index (χ0) is 12.2. The van der Waals surface area contributed by atoms with Crippen molar-refractivity contribution in [3.8, 4) is 0 Å². The molecule has 94 valence electrons. The number of carbonyl (C=O) groups is 1. The van der Waals surface area contributed by atoms with E-state index in [1.165, 1.54) is 4.90 Å². The summed E-state index contributed by atoms with van der Waals surface area (Å²) in [5, 5.41) is 0. The second kappa shape index (κ2) is 5.17. The molecule has 0 aromatic heterocycles. The van der Waals surface area contributed by atoms with E-state index in [1.807, 2.05) is 0 Å². The summed E-state index contributed by atoms with van der Waals surface area (Å²) in [5.74, 6) is 0. The van der Waals surface area contributed by atoms with Crippen LogP contribution in [-0.2, 0) is 4.79 Å². The first-order valence-electron chi connectivity index (χ1n) is 5.66. The first-order chi connectivity index (χ1) is 7.41. The average Bonchev–Trinajstić information content (AvgIpc) is 2.64. The second-order valence-corrected chi connectivity index (χ2v) is 4.61. The average molecular weight is 237 g/mol. The highest BCUT2D eigenvalue weighted by atomic mass is 19.4. The molecule has 0 bridgehead atoms. The quantitative estimate of drug-likeness (QED) is 0.685. The number of rotatable bonds is 5. The van der Waals surface area contributed by atoms with Crippen LogP contribution in [0.4, 0.5) is 13.2 Å². The lowest BCUT2D eigenvalue weighted by molar-refractivity contribution is -0.150. The normalized spacial score (nSPS) is 20.3. The maximum absolute atomic E-state index is 12.3. The fourth-order valence-electron chi connectivity index (χ4n) is 2.37. The van der Waals surface area contributed by atoms with Gasteiger partial charge in [-0.25, -0.2) is 0 Å². The van der Waals surface area contributed by atoms with Gasteiger partial charge >= 0.3 is 6.18 Å². The van der Waals surface area contributed by atoms with Gasteiger partial charge in [0.15, 0.2) is 0 Å². The summed E-state index contributed by atoms with van der Waals surface area (Å²) in [4.78, 5) is 12.4. The lowest BCUT2D eigenvalue weighted by Crippen LogP contribution is -2.42. The Morgan fingerprint density at radius 2 is 1.88 bits per heavy atom. The van der Waals surface area contributed by atoms with E-state index in [0.717, 1.165) is 32.0 Å². The molecule has 16 heavy (non-hydrogen) atoms. The Morgan fingerprint density at radius 1 is 1.31 bits per heavy atom. The van der Waals surface area contributed by atoms with Gasteiger partial charge in [0.2, 0.25) is 0 Å². The van der Waals surface area contributed by atoms with Crippen molar-refractivity contribution in [3.63, 3.8) is 0 Å². The van der Waals surface area contributed by atoms with Gasteiger partial charge in [-0.1, -0.05) is 19.8 Å². The van der Waals surface area contributed by atoms with E-state index in [2.05, 4.69) is 0 Å². The molecular weight excluding hydrogens is 219 g/mol. The van der Waals surface area contributed by atoms with Crippen LogP contribution in [0.25, 0.3) is 0 Å². The van der Waals surface area contributed by atoms with E-state index in [0.29, 0.717) is 6.54 Å². The number of hydrogen-bond acceptors (Lipinski definition) is 2. The summed E-state index contributed by atoms with van der Waals surface area (Å²) < 4.78 is 36.8. The molecule has 0 aliphatic heterocycles. The van der Waals surface area contributed by atoms with Crippen molar-refractivity contribution in [1.82, 2.24) is 4.90 Å². The molecule has 0 heterocycles. The molecule has 0 amide bonds. The maximum atomic E-state index is 12.3. The fourth-order valence-corrected chi connectivity index (χ4v) is 2.37. The summed E-state index contributed by atoms with van der Waals surface area (Å²) in [6.07, 6.45) is 0.0259. The summed E-state index contributed by atoms with van der Waals surface area (Å²) in [6, 6.07) is 0. The molecular formula is C11H18F3NO. The maximum Gasteiger partial charge on any atom is 0.401 e. The van der Waals surface area contributed by atoms with Gasteiger partial charge in [0.05, 0.1) is 6.54 Å². The molecule has 0 spiro atoms. The first kappa shape index (κ1) is 13.5. The van der Waals surface area contributed by atoms with Crippen LogP contribution in [-0.4, -0.2) is 37.0 Å². The predicted octanol–water partition coefficient (Wildman–Crippen LogP) is 2.63. The van der Waals surface area contributed by atoms with E-state index in [9.17, 15) is 18.0 Å².